The van der Waals surface area contributed by atoms with Crippen molar-refractivity contribution in [3.63, 3.8) is 0 Å². The molecule has 0 radical (unpaired) electrons. The minimum atomic E-state index is -0.246. The number of thioether (sulfide) groups is 1. The van der Waals surface area contributed by atoms with Gasteiger partial charge in [0.05, 0.1) is 11.8 Å². The number of aryl methyl sites for hydroxylation is 2. The number of hydrogen-bond acceptors (Lipinski definition) is 4. The Balaban J connectivity index is 1.56. The molecule has 4 nitrogen and oxygen atoms in total. The van der Waals surface area contributed by atoms with Gasteiger partial charge in [-0.1, -0.05) is 60.2 Å². The molecule has 1 atom stereocenters. The topological polar surface area (TPSA) is 55.4 Å². The van der Waals surface area contributed by atoms with Crippen molar-refractivity contribution in [2.75, 3.05) is 13.2 Å². The van der Waals surface area contributed by atoms with Crippen LogP contribution < -0.4 is 5.32 Å². The van der Waals surface area contributed by atoms with Crippen molar-refractivity contribution in [1.82, 2.24) is 5.32 Å². The van der Waals surface area contributed by atoms with Crippen LogP contribution in [0, 0.1) is 6.92 Å². The van der Waals surface area contributed by atoms with Gasteiger partial charge in [0.25, 0.3) is 0 Å². The smallest absolute Gasteiger partial charge is 0.318 e. The first-order valence-electron chi connectivity index (χ1n) is 9.19. The van der Waals surface area contributed by atoms with Crippen molar-refractivity contribution in [3.05, 3.63) is 71.3 Å². The second kappa shape index (κ2) is 11.4. The van der Waals surface area contributed by atoms with Crippen LogP contribution in [-0.4, -0.2) is 30.3 Å². The van der Waals surface area contributed by atoms with E-state index < -0.39 is 0 Å². The molecule has 144 valence electrons. The molecule has 0 fully saturated rings. The Bertz CT molecular complexity index is 716. The third-order valence-corrected chi connectivity index (χ3v) is 5.30. The lowest BCUT2D eigenvalue weighted by Crippen LogP contribution is -2.29. The van der Waals surface area contributed by atoms with Gasteiger partial charge in [0.1, 0.15) is 6.61 Å². The monoisotopic (exact) mass is 385 g/mol. The van der Waals surface area contributed by atoms with Crippen LogP contribution in [-0.2, 0) is 26.5 Å². The molecule has 1 N–H and O–H groups in total. The largest absolute Gasteiger partial charge is 0.463 e. The number of benzene rings is 2. The van der Waals surface area contributed by atoms with Gasteiger partial charge in [0.2, 0.25) is 5.91 Å². The molecule has 0 spiro atoms. The molecular weight excluding hydrogens is 358 g/mol. The number of carbonyl (C=O) groups excluding carboxylic acids is 2. The first kappa shape index (κ1) is 21.0. The lowest BCUT2D eigenvalue weighted by atomic mass is 10.1. The molecule has 0 aliphatic heterocycles. The zero-order chi connectivity index (χ0) is 19.5. The number of rotatable bonds is 10. The van der Waals surface area contributed by atoms with E-state index in [4.69, 9.17) is 4.74 Å². The van der Waals surface area contributed by atoms with E-state index in [0.29, 0.717) is 19.4 Å². The van der Waals surface area contributed by atoms with Crippen molar-refractivity contribution in [1.29, 1.82) is 0 Å². The predicted molar refractivity (Wildman–Crippen MR) is 111 cm³/mol. The maximum absolute atomic E-state index is 12.0. The minimum absolute atomic E-state index is 0.0295. The summed E-state index contributed by atoms with van der Waals surface area (Å²) in [5.41, 5.74) is 3.54. The van der Waals surface area contributed by atoms with E-state index in [0.717, 1.165) is 11.3 Å². The van der Waals surface area contributed by atoms with Crippen molar-refractivity contribution in [2.45, 2.75) is 37.7 Å². The summed E-state index contributed by atoms with van der Waals surface area (Å²) in [4.78, 5) is 23.9. The molecule has 1 unspecified atom stereocenters. The van der Waals surface area contributed by atoms with Gasteiger partial charge in [-0.3, -0.25) is 9.59 Å². The highest BCUT2D eigenvalue weighted by Crippen LogP contribution is 2.18. The molecule has 5 heteroatoms. The maximum atomic E-state index is 12.0. The molecular formula is C22H27NO3S. The zero-order valence-electron chi connectivity index (χ0n) is 15.9. The summed E-state index contributed by atoms with van der Waals surface area (Å²) in [6.45, 7) is 4.43. The standard InChI is InChI=1S/C22H27NO3S/c1-17-8-10-19(11-9-17)12-13-21(24)23-14-15-26-22(25)18(2)27-16-20-6-4-3-5-7-20/h3-11,18H,12-16H2,1-2H3,(H,23,24). The highest BCUT2D eigenvalue weighted by Gasteiger charge is 2.15. The Morgan fingerprint density at radius 3 is 2.44 bits per heavy atom. The SMILES string of the molecule is Cc1ccc(CCC(=O)NCCOC(=O)C(C)SCc2ccccc2)cc1. The number of nitrogens with one attached hydrogen (secondary N) is 1. The van der Waals surface area contributed by atoms with Gasteiger partial charge < -0.3 is 10.1 Å². The fourth-order valence-corrected chi connectivity index (χ4v) is 3.26. The van der Waals surface area contributed by atoms with Crippen LogP contribution in [0.25, 0.3) is 0 Å². The van der Waals surface area contributed by atoms with Crippen LogP contribution in [0.5, 0.6) is 0 Å². The van der Waals surface area contributed by atoms with Gasteiger partial charge in [0.15, 0.2) is 0 Å². The highest BCUT2D eigenvalue weighted by molar-refractivity contribution is 7.99. The van der Waals surface area contributed by atoms with Gasteiger partial charge in [-0.2, -0.15) is 0 Å². The summed E-state index contributed by atoms with van der Waals surface area (Å²) in [7, 11) is 0. The Morgan fingerprint density at radius 1 is 1.04 bits per heavy atom. The van der Waals surface area contributed by atoms with Gasteiger partial charge >= 0.3 is 5.97 Å². The van der Waals surface area contributed by atoms with Gasteiger partial charge in [-0.05, 0) is 31.4 Å². The molecule has 0 aliphatic carbocycles. The summed E-state index contributed by atoms with van der Waals surface area (Å²) >= 11 is 1.55. The molecule has 0 saturated heterocycles. The average Bonchev–Trinajstić information content (AvgIpc) is 2.69. The molecule has 0 aliphatic rings. The van der Waals surface area contributed by atoms with Crippen LogP contribution in [0.2, 0.25) is 0 Å². The number of carbonyl (C=O) groups is 2. The second-order valence-electron chi connectivity index (χ2n) is 6.44. The van der Waals surface area contributed by atoms with Crippen molar-refractivity contribution in [2.24, 2.45) is 0 Å². The number of ether oxygens (including phenoxy) is 1. The molecule has 27 heavy (non-hydrogen) atoms. The van der Waals surface area contributed by atoms with E-state index in [1.807, 2.05) is 68.4 Å². The van der Waals surface area contributed by atoms with Crippen LogP contribution in [0.15, 0.2) is 54.6 Å². The van der Waals surface area contributed by atoms with Gasteiger partial charge in [0, 0.05) is 12.2 Å². The summed E-state index contributed by atoms with van der Waals surface area (Å²) < 4.78 is 5.24. The van der Waals surface area contributed by atoms with Gasteiger partial charge in [-0.15, -0.1) is 11.8 Å². The van der Waals surface area contributed by atoms with E-state index in [9.17, 15) is 9.59 Å². The van der Waals surface area contributed by atoms with E-state index in [2.05, 4.69) is 5.32 Å². The molecule has 1 amide bonds. The molecule has 0 aromatic heterocycles. The second-order valence-corrected chi connectivity index (χ2v) is 7.77. The third-order valence-electron chi connectivity index (χ3n) is 4.10. The molecule has 2 aromatic carbocycles. The number of amides is 1. The Kier molecular flexibility index (Phi) is 8.92. The van der Waals surface area contributed by atoms with E-state index in [1.165, 1.54) is 11.1 Å². The number of hydrogen-bond donors (Lipinski definition) is 1. The fourth-order valence-electron chi connectivity index (χ4n) is 2.42. The predicted octanol–water partition coefficient (Wildman–Crippen LogP) is 3.91. The van der Waals surface area contributed by atoms with E-state index in [-0.39, 0.29) is 23.7 Å². The molecule has 0 bridgehead atoms. The summed E-state index contributed by atoms with van der Waals surface area (Å²) in [5.74, 6) is 0.496. The van der Waals surface area contributed by atoms with E-state index in [1.54, 1.807) is 11.8 Å². The summed E-state index contributed by atoms with van der Waals surface area (Å²) in [6, 6.07) is 18.2. The van der Waals surface area contributed by atoms with Crippen molar-refractivity contribution >= 4 is 23.6 Å². The Labute approximate surface area is 165 Å². The maximum Gasteiger partial charge on any atom is 0.318 e. The van der Waals surface area contributed by atoms with E-state index >= 15 is 0 Å². The highest BCUT2D eigenvalue weighted by atomic mass is 32.2. The fraction of sp³-hybridized carbons (Fsp3) is 0.364. The first-order valence-corrected chi connectivity index (χ1v) is 10.2. The molecule has 2 rings (SSSR count). The molecule has 2 aromatic rings. The van der Waals surface area contributed by atoms with Crippen LogP contribution >= 0.6 is 11.8 Å². The molecule has 0 saturated carbocycles. The number of esters is 1. The summed E-state index contributed by atoms with van der Waals surface area (Å²) in [6.07, 6.45) is 1.14. The third kappa shape index (κ3) is 8.31. The van der Waals surface area contributed by atoms with Crippen molar-refractivity contribution in [3.8, 4) is 0 Å². The summed E-state index contributed by atoms with van der Waals surface area (Å²) in [5, 5.41) is 2.56. The van der Waals surface area contributed by atoms with Crippen LogP contribution in [0.3, 0.4) is 0 Å². The first-order chi connectivity index (χ1) is 13.0. The normalized spacial score (nSPS) is 11.6. The minimum Gasteiger partial charge on any atom is -0.463 e. The molecule has 0 heterocycles. The van der Waals surface area contributed by atoms with Crippen molar-refractivity contribution < 1.29 is 14.3 Å². The lowest BCUT2D eigenvalue weighted by Gasteiger charge is -2.12. The van der Waals surface area contributed by atoms with Crippen LogP contribution in [0.4, 0.5) is 0 Å². The quantitative estimate of drug-likeness (QED) is 0.498. The Morgan fingerprint density at radius 2 is 1.74 bits per heavy atom. The average molecular weight is 386 g/mol. The Hall–Kier alpha value is -2.27. The zero-order valence-corrected chi connectivity index (χ0v) is 16.8. The van der Waals surface area contributed by atoms with Gasteiger partial charge in [-0.25, -0.2) is 0 Å². The lowest BCUT2D eigenvalue weighted by molar-refractivity contribution is -0.142. The van der Waals surface area contributed by atoms with Crippen LogP contribution in [0.1, 0.15) is 30.0 Å².